The quantitative estimate of drug-likeness (QED) is 0.136. The zero-order valence-corrected chi connectivity index (χ0v) is 17.4. The molecule has 0 spiro atoms. The first-order valence-corrected chi connectivity index (χ1v) is 11.1. The molecule has 1 fully saturated rings. The van der Waals surface area contributed by atoms with Crippen LogP contribution in [-0.4, -0.2) is 49.4 Å². The molecule has 0 saturated carbocycles. The zero-order valence-electron chi connectivity index (χ0n) is 15.7. The number of hydrogen-bond donors (Lipinski definition) is 5. The molecule has 0 radical (unpaired) electrons. The van der Waals surface area contributed by atoms with Gasteiger partial charge in [-0.25, -0.2) is 0 Å². The third-order valence-corrected chi connectivity index (χ3v) is 6.79. The van der Waals surface area contributed by atoms with Crippen molar-refractivity contribution in [2.24, 2.45) is 21.7 Å². The zero-order chi connectivity index (χ0) is 20.9. The first kappa shape index (κ1) is 24.1. The summed E-state index contributed by atoms with van der Waals surface area (Å²) in [6.45, 7) is 1.37. The van der Waals surface area contributed by atoms with E-state index in [4.69, 9.17) is 21.7 Å². The molecule has 28 heavy (non-hydrogen) atoms. The average Bonchev–Trinajstić information content (AvgIpc) is 3.16. The van der Waals surface area contributed by atoms with Crippen molar-refractivity contribution in [3.63, 3.8) is 0 Å². The summed E-state index contributed by atoms with van der Waals surface area (Å²) in [5.74, 6) is 0.366. The normalized spacial score (nSPS) is 15.9. The number of aliphatic carboxylic acids is 1. The summed E-state index contributed by atoms with van der Waals surface area (Å²) >= 11 is 0. The van der Waals surface area contributed by atoms with Gasteiger partial charge >= 0.3 is 5.97 Å². The van der Waals surface area contributed by atoms with Crippen LogP contribution in [0.25, 0.3) is 0 Å². The van der Waals surface area contributed by atoms with Crippen LogP contribution in [0, 0.1) is 6.92 Å². The standard InChI is InChI=1S/C9H13N5O2.C8H14O2S2/c1-5-8(16)7(3-13-14-9(10)11)6(4-15)2-12-5;9-8(10)4-2-1-3-7-5-6-11-12-7/h2-3,15-16H,4H2,1H3,(H4,10,11,14);7H,1-6H2,(H,9,10)/b13-3+;/t;7-/m.0/s1. The highest BCUT2D eigenvalue weighted by atomic mass is 33.1. The van der Waals surface area contributed by atoms with Crippen molar-refractivity contribution in [3.8, 4) is 5.75 Å². The van der Waals surface area contributed by atoms with Crippen LogP contribution in [0.2, 0.25) is 0 Å². The summed E-state index contributed by atoms with van der Waals surface area (Å²) in [6, 6.07) is 0. The minimum absolute atomic E-state index is 0.0545. The molecular formula is C17H27N5O4S2. The monoisotopic (exact) mass is 429 g/mol. The minimum Gasteiger partial charge on any atom is -0.505 e. The number of nitrogens with two attached hydrogens (primary N) is 2. The van der Waals surface area contributed by atoms with E-state index < -0.39 is 5.97 Å². The van der Waals surface area contributed by atoms with Crippen LogP contribution < -0.4 is 11.5 Å². The summed E-state index contributed by atoms with van der Waals surface area (Å²) in [5, 5.41) is 34.9. The van der Waals surface area contributed by atoms with E-state index in [2.05, 4.69) is 15.2 Å². The molecule has 156 valence electrons. The van der Waals surface area contributed by atoms with Crippen LogP contribution in [0.3, 0.4) is 0 Å². The van der Waals surface area contributed by atoms with E-state index in [9.17, 15) is 9.90 Å². The van der Waals surface area contributed by atoms with Crippen molar-refractivity contribution in [1.29, 1.82) is 0 Å². The third kappa shape index (κ3) is 9.29. The first-order chi connectivity index (χ1) is 13.3. The molecule has 0 aliphatic carbocycles. The number of aliphatic hydroxyl groups is 1. The number of carbonyl (C=O) groups is 1. The Balaban J connectivity index is 0.000000292. The van der Waals surface area contributed by atoms with Gasteiger partial charge in [0.15, 0.2) is 0 Å². The number of pyridine rings is 1. The second-order valence-corrected chi connectivity index (χ2v) is 8.81. The van der Waals surface area contributed by atoms with E-state index in [0.29, 0.717) is 23.2 Å². The fourth-order valence-electron chi connectivity index (χ4n) is 2.29. The van der Waals surface area contributed by atoms with Gasteiger partial charge in [-0.1, -0.05) is 28.0 Å². The van der Waals surface area contributed by atoms with Gasteiger partial charge in [0.2, 0.25) is 5.96 Å². The largest absolute Gasteiger partial charge is 0.505 e. The Labute approximate surface area is 172 Å². The second-order valence-electron chi connectivity index (χ2n) is 6.03. The van der Waals surface area contributed by atoms with Gasteiger partial charge in [-0.3, -0.25) is 9.78 Å². The Morgan fingerprint density at radius 1 is 1.43 bits per heavy atom. The van der Waals surface area contributed by atoms with E-state index in [1.807, 2.05) is 21.6 Å². The van der Waals surface area contributed by atoms with Crippen LogP contribution in [0.15, 0.2) is 16.4 Å². The van der Waals surface area contributed by atoms with Gasteiger partial charge in [0.25, 0.3) is 0 Å². The maximum Gasteiger partial charge on any atom is 0.303 e. The van der Waals surface area contributed by atoms with Gasteiger partial charge in [-0.2, -0.15) is 5.10 Å². The van der Waals surface area contributed by atoms with E-state index in [0.717, 1.165) is 18.1 Å². The number of aryl methyl sites for hydroxylation is 1. The predicted molar refractivity (Wildman–Crippen MR) is 115 cm³/mol. The van der Waals surface area contributed by atoms with Gasteiger partial charge in [0.05, 0.1) is 18.5 Å². The molecule has 9 nitrogen and oxygen atoms in total. The van der Waals surface area contributed by atoms with Crippen LogP contribution in [0.1, 0.15) is 48.9 Å². The van der Waals surface area contributed by atoms with E-state index in [-0.39, 0.29) is 18.3 Å². The van der Waals surface area contributed by atoms with E-state index in [1.54, 1.807) is 6.92 Å². The Kier molecular flexibility index (Phi) is 11.4. The number of aromatic hydroxyl groups is 1. The number of guanidine groups is 1. The highest BCUT2D eigenvalue weighted by Crippen LogP contribution is 2.39. The molecule has 1 aliphatic rings. The highest BCUT2D eigenvalue weighted by molar-refractivity contribution is 8.77. The average molecular weight is 430 g/mol. The Hall–Kier alpha value is -1.98. The second kappa shape index (κ2) is 13.2. The summed E-state index contributed by atoms with van der Waals surface area (Å²) in [5.41, 5.74) is 11.4. The lowest BCUT2D eigenvalue weighted by Crippen LogP contribution is -2.21. The number of nitrogens with zero attached hydrogens (tertiary/aromatic N) is 3. The number of unbranched alkanes of at least 4 members (excludes halogenated alkanes) is 1. The summed E-state index contributed by atoms with van der Waals surface area (Å²) in [4.78, 5) is 14.1. The molecule has 0 amide bonds. The van der Waals surface area contributed by atoms with Crippen LogP contribution in [-0.2, 0) is 11.4 Å². The van der Waals surface area contributed by atoms with Gasteiger partial charge in [-0.15, -0.1) is 5.10 Å². The van der Waals surface area contributed by atoms with Crippen molar-refractivity contribution in [2.75, 3.05) is 5.75 Å². The maximum atomic E-state index is 10.2. The molecule has 1 aromatic heterocycles. The molecule has 0 aromatic carbocycles. The molecule has 1 saturated heterocycles. The molecule has 1 aliphatic heterocycles. The fourth-order valence-corrected chi connectivity index (χ4v) is 5.32. The number of aliphatic hydroxyl groups excluding tert-OH is 1. The summed E-state index contributed by atoms with van der Waals surface area (Å²) < 4.78 is 0. The number of hydrogen-bond acceptors (Lipinski definition) is 8. The molecule has 2 rings (SSSR count). The van der Waals surface area contributed by atoms with Crippen LogP contribution >= 0.6 is 21.6 Å². The van der Waals surface area contributed by atoms with E-state index in [1.165, 1.54) is 31.0 Å². The lowest BCUT2D eigenvalue weighted by molar-refractivity contribution is -0.137. The van der Waals surface area contributed by atoms with Crippen molar-refractivity contribution in [3.05, 3.63) is 23.0 Å². The number of carboxylic acid groups (broad SMARTS) is 1. The van der Waals surface area contributed by atoms with E-state index >= 15 is 0 Å². The van der Waals surface area contributed by atoms with Crippen molar-refractivity contribution in [2.45, 2.75) is 50.9 Å². The molecule has 1 aromatic rings. The minimum atomic E-state index is -0.663. The number of rotatable bonds is 8. The van der Waals surface area contributed by atoms with Crippen LogP contribution in [0.5, 0.6) is 5.75 Å². The van der Waals surface area contributed by atoms with Crippen molar-refractivity contribution < 1.29 is 20.1 Å². The smallest absolute Gasteiger partial charge is 0.303 e. The number of aromatic nitrogens is 1. The number of carboxylic acids is 1. The lowest BCUT2D eigenvalue weighted by atomic mass is 10.1. The maximum absolute atomic E-state index is 10.2. The van der Waals surface area contributed by atoms with Gasteiger partial charge in [-0.05, 0) is 26.2 Å². The molecule has 2 heterocycles. The first-order valence-electron chi connectivity index (χ1n) is 8.75. The molecule has 0 bridgehead atoms. The van der Waals surface area contributed by atoms with Gasteiger partial charge in [0, 0.05) is 34.7 Å². The Bertz CT molecular complexity index is 690. The summed E-state index contributed by atoms with van der Waals surface area (Å²) in [6.07, 6.45) is 7.47. The SMILES string of the molecule is Cc1ncc(CO)c(/C=N/N=C(N)N)c1O.O=C(O)CCCC[C@H]1CCSS1. The third-order valence-electron chi connectivity index (χ3n) is 3.78. The fraction of sp³-hybridized carbons (Fsp3) is 0.529. The van der Waals surface area contributed by atoms with Crippen LogP contribution in [0.4, 0.5) is 0 Å². The molecule has 1 atom stereocenters. The van der Waals surface area contributed by atoms with Crippen molar-refractivity contribution >= 4 is 39.7 Å². The molecule has 11 heteroatoms. The topological polar surface area (TPSA) is 167 Å². The predicted octanol–water partition coefficient (Wildman–Crippen LogP) is 1.98. The Morgan fingerprint density at radius 3 is 2.75 bits per heavy atom. The van der Waals surface area contributed by atoms with Crippen molar-refractivity contribution in [1.82, 2.24) is 4.98 Å². The summed E-state index contributed by atoms with van der Waals surface area (Å²) in [7, 11) is 3.92. The lowest BCUT2D eigenvalue weighted by Gasteiger charge is -2.06. The van der Waals surface area contributed by atoms with Gasteiger partial charge < -0.3 is 26.8 Å². The molecule has 0 unspecified atom stereocenters. The Morgan fingerprint density at radius 2 is 2.18 bits per heavy atom. The van der Waals surface area contributed by atoms with Gasteiger partial charge in [0.1, 0.15) is 5.75 Å². The highest BCUT2D eigenvalue weighted by Gasteiger charge is 2.15. The molecule has 7 N–H and O–H groups in total. The molecular weight excluding hydrogens is 402 g/mol.